The molecule has 0 radical (unpaired) electrons. The van der Waals surface area contributed by atoms with Crippen molar-refractivity contribution in [1.82, 2.24) is 25.4 Å². The first kappa shape index (κ1) is 21.5. The van der Waals surface area contributed by atoms with Crippen LogP contribution in [0.5, 0.6) is 11.5 Å². The maximum Gasteiger partial charge on any atom is 0.191 e. The zero-order valence-electron chi connectivity index (χ0n) is 17.7. The van der Waals surface area contributed by atoms with E-state index in [2.05, 4.69) is 52.7 Å². The van der Waals surface area contributed by atoms with Gasteiger partial charge in [0.05, 0.1) is 14.2 Å². The average Bonchev–Trinajstić information content (AvgIpc) is 3.17. The van der Waals surface area contributed by atoms with E-state index in [1.54, 1.807) is 27.6 Å². The molecular formula is C20H32N6O2. The molecule has 0 fully saturated rings. The summed E-state index contributed by atoms with van der Waals surface area (Å²) in [7, 11) is 5.07. The number of hydrogen-bond donors (Lipinski definition) is 2. The van der Waals surface area contributed by atoms with Crippen molar-refractivity contribution in [2.75, 3.05) is 34.4 Å². The van der Waals surface area contributed by atoms with Crippen LogP contribution in [0.2, 0.25) is 0 Å². The third-order valence-electron chi connectivity index (χ3n) is 4.74. The predicted molar refractivity (Wildman–Crippen MR) is 111 cm³/mol. The van der Waals surface area contributed by atoms with E-state index in [4.69, 9.17) is 9.47 Å². The lowest BCUT2D eigenvalue weighted by molar-refractivity contribution is 0.353. The van der Waals surface area contributed by atoms with Gasteiger partial charge in [-0.25, -0.2) is 0 Å². The van der Waals surface area contributed by atoms with E-state index in [1.807, 2.05) is 16.7 Å². The molecule has 8 nitrogen and oxygen atoms in total. The molecule has 0 saturated carbocycles. The molecule has 2 N–H and O–H groups in total. The van der Waals surface area contributed by atoms with Crippen molar-refractivity contribution in [2.45, 2.75) is 39.2 Å². The van der Waals surface area contributed by atoms with E-state index >= 15 is 0 Å². The number of hydrogen-bond acceptors (Lipinski definition) is 5. The van der Waals surface area contributed by atoms with Crippen LogP contribution < -0.4 is 20.1 Å². The van der Waals surface area contributed by atoms with Crippen LogP contribution in [-0.2, 0) is 18.4 Å². The Hall–Kier alpha value is -2.77. The molecule has 28 heavy (non-hydrogen) atoms. The lowest BCUT2D eigenvalue weighted by atomic mass is 9.84. The van der Waals surface area contributed by atoms with Crippen LogP contribution in [0, 0.1) is 0 Å². The SMILES string of the molecule is CCc1nncn1CCNC(=NC)NCC(C)(C)c1ccc(OC)c(OC)c1. The number of aryl methyl sites for hydroxylation is 1. The molecule has 0 aliphatic carbocycles. The number of guanidine groups is 1. The molecular weight excluding hydrogens is 356 g/mol. The minimum Gasteiger partial charge on any atom is -0.493 e. The lowest BCUT2D eigenvalue weighted by Crippen LogP contribution is -2.44. The molecule has 0 bridgehead atoms. The Morgan fingerprint density at radius 2 is 1.93 bits per heavy atom. The third kappa shape index (κ3) is 5.37. The van der Waals surface area contributed by atoms with Crippen LogP contribution in [0.3, 0.4) is 0 Å². The van der Waals surface area contributed by atoms with Gasteiger partial charge >= 0.3 is 0 Å². The van der Waals surface area contributed by atoms with Crippen LogP contribution in [0.15, 0.2) is 29.5 Å². The van der Waals surface area contributed by atoms with Crippen molar-refractivity contribution in [2.24, 2.45) is 4.99 Å². The normalized spacial score (nSPS) is 12.0. The zero-order chi connectivity index (χ0) is 20.6. The summed E-state index contributed by atoms with van der Waals surface area (Å²) in [6.45, 7) is 8.68. The highest BCUT2D eigenvalue weighted by atomic mass is 16.5. The number of nitrogens with zero attached hydrogens (tertiary/aromatic N) is 4. The summed E-state index contributed by atoms with van der Waals surface area (Å²) in [5.41, 5.74) is 1.03. The van der Waals surface area contributed by atoms with Crippen molar-refractivity contribution >= 4 is 5.96 Å². The molecule has 0 atom stereocenters. The Kier molecular flexibility index (Phi) is 7.66. The van der Waals surface area contributed by atoms with E-state index in [0.717, 1.165) is 54.9 Å². The first-order valence-corrected chi connectivity index (χ1v) is 9.48. The minimum atomic E-state index is -0.124. The topological polar surface area (TPSA) is 85.6 Å². The van der Waals surface area contributed by atoms with Crippen LogP contribution in [0.25, 0.3) is 0 Å². The molecule has 0 spiro atoms. The molecule has 0 unspecified atom stereocenters. The fourth-order valence-corrected chi connectivity index (χ4v) is 2.92. The summed E-state index contributed by atoms with van der Waals surface area (Å²) in [6, 6.07) is 6.03. The molecule has 0 saturated heterocycles. The first-order chi connectivity index (χ1) is 13.4. The van der Waals surface area contributed by atoms with Gasteiger partial charge in [0, 0.05) is 38.5 Å². The highest BCUT2D eigenvalue weighted by Gasteiger charge is 2.22. The van der Waals surface area contributed by atoms with Gasteiger partial charge in [-0.2, -0.15) is 0 Å². The number of aliphatic imine (C=N–C) groups is 1. The Morgan fingerprint density at radius 3 is 2.57 bits per heavy atom. The second-order valence-corrected chi connectivity index (χ2v) is 7.10. The van der Waals surface area contributed by atoms with Crippen molar-refractivity contribution in [3.8, 4) is 11.5 Å². The highest BCUT2D eigenvalue weighted by Crippen LogP contribution is 2.32. The van der Waals surface area contributed by atoms with Crippen LogP contribution >= 0.6 is 0 Å². The monoisotopic (exact) mass is 388 g/mol. The minimum absolute atomic E-state index is 0.124. The summed E-state index contributed by atoms with van der Waals surface area (Å²) in [6.07, 6.45) is 2.63. The number of ether oxygens (including phenoxy) is 2. The van der Waals surface area contributed by atoms with Crippen molar-refractivity contribution < 1.29 is 9.47 Å². The zero-order valence-corrected chi connectivity index (χ0v) is 17.7. The summed E-state index contributed by atoms with van der Waals surface area (Å²) in [5.74, 6) is 3.21. The smallest absolute Gasteiger partial charge is 0.191 e. The van der Waals surface area contributed by atoms with Gasteiger partial charge in [-0.15, -0.1) is 10.2 Å². The molecule has 8 heteroatoms. The van der Waals surface area contributed by atoms with Crippen molar-refractivity contribution in [3.05, 3.63) is 35.9 Å². The molecule has 0 aliphatic heterocycles. The van der Waals surface area contributed by atoms with Crippen LogP contribution in [0.1, 0.15) is 32.2 Å². The van der Waals surface area contributed by atoms with Crippen molar-refractivity contribution in [1.29, 1.82) is 0 Å². The fraction of sp³-hybridized carbons (Fsp3) is 0.550. The van der Waals surface area contributed by atoms with Crippen LogP contribution in [-0.4, -0.2) is 55.1 Å². The number of methoxy groups -OCH3 is 2. The molecule has 154 valence electrons. The number of nitrogens with one attached hydrogen (secondary N) is 2. The second-order valence-electron chi connectivity index (χ2n) is 7.10. The maximum absolute atomic E-state index is 5.43. The van der Waals surface area contributed by atoms with Crippen molar-refractivity contribution in [3.63, 3.8) is 0 Å². The number of aromatic nitrogens is 3. The van der Waals surface area contributed by atoms with E-state index in [0.29, 0.717) is 0 Å². The lowest BCUT2D eigenvalue weighted by Gasteiger charge is -2.27. The molecule has 2 aromatic rings. The van der Waals surface area contributed by atoms with E-state index in [1.165, 1.54) is 0 Å². The molecule has 1 aromatic carbocycles. The van der Waals surface area contributed by atoms with Gasteiger partial charge in [0.2, 0.25) is 0 Å². The maximum atomic E-state index is 5.43. The van der Waals surface area contributed by atoms with Gasteiger partial charge in [-0.1, -0.05) is 26.8 Å². The third-order valence-corrected chi connectivity index (χ3v) is 4.74. The molecule has 0 aliphatic rings. The highest BCUT2D eigenvalue weighted by molar-refractivity contribution is 5.79. The Balaban J connectivity index is 1.92. The van der Waals surface area contributed by atoms with E-state index < -0.39 is 0 Å². The fourth-order valence-electron chi connectivity index (χ4n) is 2.92. The number of benzene rings is 1. The average molecular weight is 389 g/mol. The van der Waals surface area contributed by atoms with Gasteiger partial charge < -0.3 is 24.7 Å². The molecule has 2 rings (SSSR count). The van der Waals surface area contributed by atoms with Gasteiger partial charge in [-0.3, -0.25) is 4.99 Å². The second kappa shape index (κ2) is 9.96. The summed E-state index contributed by atoms with van der Waals surface area (Å²) >= 11 is 0. The van der Waals surface area contributed by atoms with E-state index in [-0.39, 0.29) is 5.41 Å². The first-order valence-electron chi connectivity index (χ1n) is 9.48. The summed E-state index contributed by atoms with van der Waals surface area (Å²) in [5, 5.41) is 14.8. The Morgan fingerprint density at radius 1 is 1.18 bits per heavy atom. The van der Waals surface area contributed by atoms with Gasteiger partial charge in [0.15, 0.2) is 17.5 Å². The number of rotatable bonds is 9. The molecule has 1 heterocycles. The Labute approximate surface area is 167 Å². The molecule has 1 aromatic heterocycles. The standard InChI is InChI=1S/C20H32N6O2/c1-7-18-25-24-14-26(18)11-10-22-19(21-4)23-13-20(2,3)15-8-9-16(27-5)17(12-15)28-6/h8-9,12,14H,7,10-11,13H2,1-6H3,(H2,21,22,23). The van der Waals surface area contributed by atoms with E-state index in [9.17, 15) is 0 Å². The Bertz CT molecular complexity index is 785. The quantitative estimate of drug-likeness (QED) is 0.505. The predicted octanol–water partition coefficient (Wildman–Crippen LogP) is 2.00. The summed E-state index contributed by atoms with van der Waals surface area (Å²) < 4.78 is 12.8. The largest absolute Gasteiger partial charge is 0.493 e. The summed E-state index contributed by atoms with van der Waals surface area (Å²) in [4.78, 5) is 4.32. The van der Waals surface area contributed by atoms with Gasteiger partial charge in [0.25, 0.3) is 0 Å². The van der Waals surface area contributed by atoms with Crippen LogP contribution in [0.4, 0.5) is 0 Å². The van der Waals surface area contributed by atoms with Gasteiger partial charge in [0.1, 0.15) is 12.2 Å². The van der Waals surface area contributed by atoms with Gasteiger partial charge in [-0.05, 0) is 17.7 Å². The molecule has 0 amide bonds.